The first-order valence-electron chi connectivity index (χ1n) is 6.72. The van der Waals surface area contributed by atoms with E-state index in [0.29, 0.717) is 0 Å². The molecule has 8 nitrogen and oxygen atoms in total. The van der Waals surface area contributed by atoms with Gasteiger partial charge < -0.3 is 21.3 Å². The second kappa shape index (κ2) is 12.2. The van der Waals surface area contributed by atoms with Crippen molar-refractivity contribution in [1.29, 1.82) is 0 Å². The van der Waals surface area contributed by atoms with Gasteiger partial charge in [-0.1, -0.05) is 0 Å². The van der Waals surface area contributed by atoms with Gasteiger partial charge in [-0.2, -0.15) is 25.3 Å². The van der Waals surface area contributed by atoms with Gasteiger partial charge in [-0.3, -0.25) is 19.2 Å². The largest absolute Gasteiger partial charge is 0.370 e. The highest BCUT2D eigenvalue weighted by molar-refractivity contribution is 7.81. The van der Waals surface area contributed by atoms with E-state index in [1.807, 2.05) is 0 Å². The molecule has 0 saturated heterocycles. The second-order valence-electron chi connectivity index (χ2n) is 4.36. The number of hydrogen-bond donors (Lipinski definition) is 5. The number of rotatable bonds is 11. The molecule has 0 radical (unpaired) electrons. The summed E-state index contributed by atoms with van der Waals surface area (Å²) in [7, 11) is 0. The van der Waals surface area contributed by atoms with Crippen LogP contribution in [0, 0.1) is 0 Å². The molecule has 0 fully saturated rings. The first kappa shape index (κ1) is 20.6. The van der Waals surface area contributed by atoms with Crippen molar-refractivity contribution in [3.05, 3.63) is 0 Å². The SMILES string of the molecule is NC(=O)CCC(=O)N(CCNC(=O)CS)CCNC(=O)CS. The molecule has 0 heterocycles. The van der Waals surface area contributed by atoms with Crippen molar-refractivity contribution in [2.45, 2.75) is 12.8 Å². The van der Waals surface area contributed by atoms with Crippen molar-refractivity contribution in [3.8, 4) is 0 Å². The molecule has 0 aliphatic rings. The first-order chi connectivity index (χ1) is 10.4. The smallest absolute Gasteiger partial charge is 0.229 e. The molecule has 0 aliphatic heterocycles. The topological polar surface area (TPSA) is 122 Å². The molecule has 0 spiro atoms. The fourth-order valence-corrected chi connectivity index (χ4v) is 1.75. The summed E-state index contributed by atoms with van der Waals surface area (Å²) in [5.74, 6) is -1.17. The zero-order valence-corrected chi connectivity index (χ0v) is 14.0. The van der Waals surface area contributed by atoms with E-state index in [9.17, 15) is 19.2 Å². The Morgan fingerprint density at radius 1 is 0.864 bits per heavy atom. The molecule has 0 aliphatic carbocycles. The maximum Gasteiger partial charge on any atom is 0.229 e. The summed E-state index contributed by atoms with van der Waals surface area (Å²) < 4.78 is 0. The van der Waals surface area contributed by atoms with Crippen LogP contribution >= 0.6 is 25.3 Å². The highest BCUT2D eigenvalue weighted by atomic mass is 32.1. The van der Waals surface area contributed by atoms with E-state index in [2.05, 4.69) is 35.9 Å². The molecular formula is C12H22N4O4S2. The van der Waals surface area contributed by atoms with E-state index in [-0.39, 0.29) is 68.2 Å². The summed E-state index contributed by atoms with van der Waals surface area (Å²) in [4.78, 5) is 46.4. The minimum atomic E-state index is -0.556. The Morgan fingerprint density at radius 3 is 1.68 bits per heavy atom. The average Bonchev–Trinajstić information content (AvgIpc) is 2.50. The van der Waals surface area contributed by atoms with E-state index in [1.54, 1.807) is 0 Å². The first-order valence-corrected chi connectivity index (χ1v) is 7.98. The van der Waals surface area contributed by atoms with Gasteiger partial charge in [0.2, 0.25) is 23.6 Å². The summed E-state index contributed by atoms with van der Waals surface area (Å²) in [6, 6.07) is 0. The Morgan fingerprint density at radius 2 is 1.32 bits per heavy atom. The third-order valence-corrected chi connectivity index (χ3v) is 3.21. The lowest BCUT2D eigenvalue weighted by Crippen LogP contribution is -2.43. The molecular weight excluding hydrogens is 328 g/mol. The predicted octanol–water partition coefficient (Wildman–Crippen LogP) is -1.83. The number of nitrogens with zero attached hydrogens (tertiary/aromatic N) is 1. The third kappa shape index (κ3) is 10.3. The summed E-state index contributed by atoms with van der Waals surface area (Å²) in [6.45, 7) is 1.08. The Hall–Kier alpha value is -1.42. The van der Waals surface area contributed by atoms with E-state index >= 15 is 0 Å². The Labute approximate surface area is 140 Å². The summed E-state index contributed by atoms with van der Waals surface area (Å²) >= 11 is 7.66. The van der Waals surface area contributed by atoms with Crippen LogP contribution in [0.5, 0.6) is 0 Å². The number of hydrogen-bond acceptors (Lipinski definition) is 6. The Bertz CT molecular complexity index is 385. The van der Waals surface area contributed by atoms with Crippen LogP contribution in [0.3, 0.4) is 0 Å². The van der Waals surface area contributed by atoms with Gasteiger partial charge in [0.1, 0.15) is 0 Å². The molecule has 0 unspecified atom stereocenters. The van der Waals surface area contributed by atoms with Gasteiger partial charge in [0.05, 0.1) is 11.5 Å². The van der Waals surface area contributed by atoms with Crippen molar-refractivity contribution < 1.29 is 19.2 Å². The van der Waals surface area contributed by atoms with Gasteiger partial charge in [-0.25, -0.2) is 0 Å². The molecule has 10 heteroatoms. The van der Waals surface area contributed by atoms with Crippen LogP contribution in [-0.4, -0.2) is 66.2 Å². The highest BCUT2D eigenvalue weighted by Crippen LogP contribution is 1.97. The third-order valence-electron chi connectivity index (χ3n) is 2.63. The molecule has 4 N–H and O–H groups in total. The van der Waals surface area contributed by atoms with Gasteiger partial charge in [0, 0.05) is 39.0 Å². The molecule has 0 rings (SSSR count). The van der Waals surface area contributed by atoms with E-state index in [4.69, 9.17) is 5.73 Å². The summed E-state index contributed by atoms with van der Waals surface area (Å²) in [5.41, 5.74) is 5.02. The van der Waals surface area contributed by atoms with Gasteiger partial charge in [0.15, 0.2) is 0 Å². The number of thiol groups is 2. The molecule has 22 heavy (non-hydrogen) atoms. The van der Waals surface area contributed by atoms with Crippen molar-refractivity contribution >= 4 is 48.9 Å². The lowest BCUT2D eigenvalue weighted by molar-refractivity contribution is -0.133. The van der Waals surface area contributed by atoms with Crippen LogP contribution in [0.4, 0.5) is 0 Å². The van der Waals surface area contributed by atoms with Gasteiger partial charge in [0.25, 0.3) is 0 Å². The number of primary amides is 1. The van der Waals surface area contributed by atoms with E-state index in [1.165, 1.54) is 4.90 Å². The second-order valence-corrected chi connectivity index (χ2v) is 5.00. The van der Waals surface area contributed by atoms with Crippen molar-refractivity contribution in [2.75, 3.05) is 37.7 Å². The number of nitrogens with two attached hydrogens (primary N) is 1. The zero-order chi connectivity index (χ0) is 17.0. The number of carbonyl (C=O) groups excluding carboxylic acids is 4. The van der Waals surface area contributed by atoms with Crippen LogP contribution in [-0.2, 0) is 19.2 Å². The highest BCUT2D eigenvalue weighted by Gasteiger charge is 2.14. The molecule has 4 amide bonds. The van der Waals surface area contributed by atoms with E-state index < -0.39 is 5.91 Å². The van der Waals surface area contributed by atoms with Crippen molar-refractivity contribution in [3.63, 3.8) is 0 Å². The van der Waals surface area contributed by atoms with E-state index in [0.717, 1.165) is 0 Å². The van der Waals surface area contributed by atoms with Crippen LogP contribution in [0.1, 0.15) is 12.8 Å². The van der Waals surface area contributed by atoms with Gasteiger partial charge >= 0.3 is 0 Å². The summed E-state index contributed by atoms with van der Waals surface area (Å²) in [5, 5.41) is 5.18. The lowest BCUT2D eigenvalue weighted by Gasteiger charge is -2.23. The van der Waals surface area contributed by atoms with Gasteiger partial charge in [-0.05, 0) is 0 Å². The van der Waals surface area contributed by atoms with Crippen LogP contribution in [0.2, 0.25) is 0 Å². The van der Waals surface area contributed by atoms with Gasteiger partial charge in [-0.15, -0.1) is 0 Å². The quantitative estimate of drug-likeness (QED) is 0.281. The van der Waals surface area contributed by atoms with Crippen LogP contribution < -0.4 is 16.4 Å². The molecule has 0 bridgehead atoms. The normalized spacial score (nSPS) is 9.91. The standard InChI is InChI=1S/C12H22N4O4S2/c13-9(17)1-2-12(20)16(5-3-14-10(18)7-21)6-4-15-11(19)8-22/h21-22H,1-8H2,(H2,13,17)(H,14,18)(H,15,19). The van der Waals surface area contributed by atoms with Crippen molar-refractivity contribution in [2.24, 2.45) is 5.73 Å². The lowest BCUT2D eigenvalue weighted by atomic mass is 10.2. The number of amides is 4. The maximum absolute atomic E-state index is 12.0. The predicted molar refractivity (Wildman–Crippen MR) is 88.7 cm³/mol. The molecule has 0 aromatic rings. The fourth-order valence-electron chi connectivity index (χ4n) is 1.52. The fraction of sp³-hybridized carbons (Fsp3) is 0.667. The molecule has 0 atom stereocenters. The molecule has 126 valence electrons. The van der Waals surface area contributed by atoms with Crippen LogP contribution in [0.25, 0.3) is 0 Å². The molecule has 0 aromatic heterocycles. The Balaban J connectivity index is 4.34. The number of carbonyl (C=O) groups is 4. The molecule has 0 aromatic carbocycles. The Kier molecular flexibility index (Phi) is 11.4. The number of nitrogens with one attached hydrogen (secondary N) is 2. The molecule has 0 saturated carbocycles. The monoisotopic (exact) mass is 350 g/mol. The minimum Gasteiger partial charge on any atom is -0.370 e. The maximum atomic E-state index is 12.0. The minimum absolute atomic E-state index is 0.00361. The zero-order valence-electron chi connectivity index (χ0n) is 12.2. The average molecular weight is 350 g/mol. The van der Waals surface area contributed by atoms with Crippen LogP contribution in [0.15, 0.2) is 0 Å². The van der Waals surface area contributed by atoms with Crippen molar-refractivity contribution in [1.82, 2.24) is 15.5 Å². The summed E-state index contributed by atoms with van der Waals surface area (Å²) in [6.07, 6.45) is -0.0440.